The van der Waals surface area contributed by atoms with E-state index in [2.05, 4.69) is 21.2 Å². The van der Waals surface area contributed by atoms with Crippen molar-refractivity contribution < 1.29 is 4.79 Å². The molecule has 2 atom stereocenters. The molecule has 94 valence electrons. The fraction of sp³-hybridized carbons (Fsp3) is 0.462. The van der Waals surface area contributed by atoms with Crippen LogP contribution in [-0.2, 0) is 4.79 Å². The quantitative estimate of drug-likeness (QED) is 0.878. The number of benzene rings is 1. The minimum Gasteiger partial charge on any atom is -0.349 e. The van der Waals surface area contributed by atoms with Crippen molar-refractivity contribution in [2.24, 2.45) is 5.73 Å². The van der Waals surface area contributed by atoms with Gasteiger partial charge >= 0.3 is 0 Å². The zero-order valence-electron chi connectivity index (χ0n) is 10.2. The van der Waals surface area contributed by atoms with E-state index in [1.807, 2.05) is 38.1 Å². The highest BCUT2D eigenvalue weighted by Gasteiger charge is 2.13. The van der Waals surface area contributed by atoms with E-state index in [0.29, 0.717) is 6.42 Å². The molecule has 0 aromatic heterocycles. The number of carbonyl (C=O) groups excluding carboxylic acids is 1. The molecule has 0 aliphatic heterocycles. The predicted molar refractivity (Wildman–Crippen MR) is 73.6 cm³/mol. The Hall–Kier alpha value is -0.870. The third kappa shape index (κ3) is 4.48. The summed E-state index contributed by atoms with van der Waals surface area (Å²) in [5.41, 5.74) is 6.82. The lowest BCUT2D eigenvalue weighted by molar-refractivity contribution is -0.122. The number of amides is 1. The van der Waals surface area contributed by atoms with Crippen LogP contribution in [0.3, 0.4) is 0 Å². The van der Waals surface area contributed by atoms with Crippen molar-refractivity contribution in [3.8, 4) is 0 Å². The molecule has 1 unspecified atom stereocenters. The molecule has 0 bridgehead atoms. The molecule has 0 spiro atoms. The van der Waals surface area contributed by atoms with Crippen LogP contribution >= 0.6 is 15.9 Å². The Morgan fingerprint density at radius 3 is 2.71 bits per heavy atom. The molecule has 4 heteroatoms. The molecular weight excluding hydrogens is 280 g/mol. The van der Waals surface area contributed by atoms with Crippen molar-refractivity contribution in [3.05, 3.63) is 34.3 Å². The smallest absolute Gasteiger partial charge is 0.222 e. The lowest BCUT2D eigenvalue weighted by Crippen LogP contribution is -2.32. The molecule has 0 radical (unpaired) electrons. The number of halogens is 1. The van der Waals surface area contributed by atoms with Crippen LogP contribution in [0, 0.1) is 0 Å². The molecule has 0 aliphatic rings. The van der Waals surface area contributed by atoms with Crippen LogP contribution in [0.2, 0.25) is 0 Å². The van der Waals surface area contributed by atoms with Crippen molar-refractivity contribution >= 4 is 21.8 Å². The first-order valence-corrected chi connectivity index (χ1v) is 6.63. The van der Waals surface area contributed by atoms with Gasteiger partial charge in [-0.05, 0) is 25.0 Å². The summed E-state index contributed by atoms with van der Waals surface area (Å²) in [5, 5.41) is 2.95. The summed E-state index contributed by atoms with van der Waals surface area (Å²) in [4.78, 5) is 11.7. The highest BCUT2D eigenvalue weighted by Crippen LogP contribution is 2.22. The van der Waals surface area contributed by atoms with Gasteiger partial charge in [0.05, 0.1) is 6.04 Å². The van der Waals surface area contributed by atoms with Crippen LogP contribution in [-0.4, -0.2) is 11.9 Å². The number of rotatable bonds is 5. The van der Waals surface area contributed by atoms with Crippen LogP contribution in [0.25, 0.3) is 0 Å². The highest BCUT2D eigenvalue weighted by atomic mass is 79.9. The van der Waals surface area contributed by atoms with Gasteiger partial charge in [-0.1, -0.05) is 41.1 Å². The number of nitrogens with two attached hydrogens (primary N) is 1. The number of hydrogen-bond donors (Lipinski definition) is 2. The first-order valence-electron chi connectivity index (χ1n) is 5.84. The Balaban J connectivity index is 2.58. The summed E-state index contributed by atoms with van der Waals surface area (Å²) >= 11 is 3.48. The Bertz CT molecular complexity index is 381. The maximum Gasteiger partial charge on any atom is 0.222 e. The predicted octanol–water partition coefficient (Wildman–Crippen LogP) is 2.75. The van der Waals surface area contributed by atoms with Crippen molar-refractivity contribution in [3.63, 3.8) is 0 Å². The van der Waals surface area contributed by atoms with Crippen LogP contribution in [0.15, 0.2) is 28.7 Å². The summed E-state index contributed by atoms with van der Waals surface area (Å²) in [5.74, 6) is 0.00241. The van der Waals surface area contributed by atoms with Gasteiger partial charge in [-0.2, -0.15) is 0 Å². The number of nitrogens with one attached hydrogen (secondary N) is 1. The van der Waals surface area contributed by atoms with E-state index in [0.717, 1.165) is 16.5 Å². The van der Waals surface area contributed by atoms with Crippen LogP contribution in [0.4, 0.5) is 0 Å². The molecule has 0 aliphatic carbocycles. The van der Waals surface area contributed by atoms with Crippen molar-refractivity contribution in [2.45, 2.75) is 38.8 Å². The van der Waals surface area contributed by atoms with E-state index < -0.39 is 0 Å². The molecule has 1 aromatic rings. The van der Waals surface area contributed by atoms with Gasteiger partial charge in [0, 0.05) is 16.9 Å². The van der Waals surface area contributed by atoms with Crippen molar-refractivity contribution in [2.75, 3.05) is 0 Å². The Labute approximate surface area is 111 Å². The van der Waals surface area contributed by atoms with Gasteiger partial charge in [-0.15, -0.1) is 0 Å². The highest BCUT2D eigenvalue weighted by molar-refractivity contribution is 9.10. The fourth-order valence-electron chi connectivity index (χ4n) is 1.59. The molecule has 3 N–H and O–H groups in total. The van der Waals surface area contributed by atoms with E-state index >= 15 is 0 Å². The van der Waals surface area contributed by atoms with Crippen molar-refractivity contribution in [1.82, 2.24) is 5.32 Å². The molecule has 1 aromatic carbocycles. The van der Waals surface area contributed by atoms with E-state index in [4.69, 9.17) is 5.73 Å². The Morgan fingerprint density at radius 2 is 2.12 bits per heavy atom. The second-order valence-corrected chi connectivity index (χ2v) is 5.04. The van der Waals surface area contributed by atoms with Crippen molar-refractivity contribution in [1.29, 1.82) is 0 Å². The fourth-order valence-corrected chi connectivity index (χ4v) is 2.22. The molecule has 17 heavy (non-hydrogen) atoms. The molecule has 0 heterocycles. The van der Waals surface area contributed by atoms with E-state index in [1.165, 1.54) is 0 Å². The van der Waals surface area contributed by atoms with E-state index in [-0.39, 0.29) is 18.0 Å². The zero-order valence-corrected chi connectivity index (χ0v) is 11.8. The summed E-state index contributed by atoms with van der Waals surface area (Å²) in [6, 6.07) is 7.81. The maximum atomic E-state index is 11.7. The SMILES string of the molecule is CCC(N)CC(=O)N[C@H](C)c1ccccc1Br. The maximum absolute atomic E-state index is 11.7. The average molecular weight is 299 g/mol. The summed E-state index contributed by atoms with van der Waals surface area (Å²) in [6.07, 6.45) is 1.20. The van der Waals surface area contributed by atoms with E-state index in [1.54, 1.807) is 0 Å². The van der Waals surface area contributed by atoms with Gasteiger partial charge < -0.3 is 11.1 Å². The van der Waals surface area contributed by atoms with Crippen LogP contribution in [0.5, 0.6) is 0 Å². The number of hydrogen-bond acceptors (Lipinski definition) is 2. The molecule has 1 rings (SSSR count). The second-order valence-electron chi connectivity index (χ2n) is 4.18. The zero-order chi connectivity index (χ0) is 12.8. The first kappa shape index (κ1) is 14.2. The van der Waals surface area contributed by atoms with Crippen LogP contribution < -0.4 is 11.1 Å². The lowest BCUT2D eigenvalue weighted by atomic mass is 10.1. The van der Waals surface area contributed by atoms with Gasteiger partial charge in [0.15, 0.2) is 0 Å². The molecular formula is C13H19BrN2O. The van der Waals surface area contributed by atoms with Gasteiger partial charge in [-0.25, -0.2) is 0 Å². The van der Waals surface area contributed by atoms with E-state index in [9.17, 15) is 4.79 Å². The largest absolute Gasteiger partial charge is 0.349 e. The normalized spacial score (nSPS) is 14.1. The monoisotopic (exact) mass is 298 g/mol. The van der Waals surface area contributed by atoms with Gasteiger partial charge in [0.1, 0.15) is 0 Å². The van der Waals surface area contributed by atoms with Gasteiger partial charge in [0.25, 0.3) is 0 Å². The number of carbonyl (C=O) groups is 1. The minimum absolute atomic E-state index is 0.00241. The Kier molecular flexibility index (Phi) is 5.65. The second kappa shape index (κ2) is 6.77. The summed E-state index contributed by atoms with van der Waals surface area (Å²) < 4.78 is 1.01. The lowest BCUT2D eigenvalue weighted by Gasteiger charge is -2.17. The Morgan fingerprint density at radius 1 is 1.47 bits per heavy atom. The third-order valence-corrected chi connectivity index (χ3v) is 3.44. The van der Waals surface area contributed by atoms with Crippen LogP contribution in [0.1, 0.15) is 38.3 Å². The molecule has 0 saturated heterocycles. The molecule has 1 amide bonds. The minimum atomic E-state index is -0.0542. The average Bonchev–Trinajstić information content (AvgIpc) is 2.29. The van der Waals surface area contributed by atoms with Gasteiger partial charge in [-0.3, -0.25) is 4.79 Å². The topological polar surface area (TPSA) is 55.1 Å². The molecule has 3 nitrogen and oxygen atoms in total. The van der Waals surface area contributed by atoms with Gasteiger partial charge in [0.2, 0.25) is 5.91 Å². The standard InChI is InChI=1S/C13H19BrN2O/c1-3-10(15)8-13(17)16-9(2)11-6-4-5-7-12(11)14/h4-7,9-10H,3,8,15H2,1-2H3,(H,16,17)/t9-,10?/m1/s1. The third-order valence-electron chi connectivity index (χ3n) is 2.72. The molecule has 0 fully saturated rings. The first-order chi connectivity index (χ1) is 8.04. The summed E-state index contributed by atoms with van der Waals surface area (Å²) in [6.45, 7) is 3.95. The summed E-state index contributed by atoms with van der Waals surface area (Å²) in [7, 11) is 0. The molecule has 0 saturated carbocycles.